The molecule has 0 aliphatic rings. The molecule has 0 atom stereocenters. The predicted molar refractivity (Wildman–Crippen MR) is 44.0 cm³/mol. The van der Waals surface area contributed by atoms with Crippen LogP contribution in [-0.4, -0.2) is 17.3 Å². The van der Waals surface area contributed by atoms with Crippen LogP contribution in [0.25, 0.3) is 0 Å². The molecular formula is C8H7F3N2O. The first-order valence-corrected chi connectivity index (χ1v) is 3.65. The Bertz CT molecular complexity index is 321. The Morgan fingerprint density at radius 3 is 2.21 bits per heavy atom. The minimum atomic E-state index is -4.71. The molecule has 0 spiro atoms. The second-order valence-corrected chi connectivity index (χ2v) is 2.41. The minimum absolute atomic E-state index is 0.160. The van der Waals surface area contributed by atoms with E-state index in [-0.39, 0.29) is 5.56 Å². The van der Waals surface area contributed by atoms with E-state index in [1.807, 2.05) is 0 Å². The molecule has 1 aromatic carbocycles. The molecule has 2 N–H and O–H groups in total. The summed E-state index contributed by atoms with van der Waals surface area (Å²) in [6.45, 7) is 0. The second-order valence-electron chi connectivity index (χ2n) is 2.41. The van der Waals surface area contributed by atoms with Gasteiger partial charge in [0.2, 0.25) is 0 Å². The average molecular weight is 204 g/mol. The molecule has 0 bridgehead atoms. The van der Waals surface area contributed by atoms with Gasteiger partial charge in [-0.25, -0.2) is 0 Å². The highest BCUT2D eigenvalue weighted by molar-refractivity contribution is 5.98. The molecule has 0 saturated carbocycles. The van der Waals surface area contributed by atoms with Crippen molar-refractivity contribution in [2.45, 2.75) is 6.30 Å². The Balaban J connectivity index is 3.00. The van der Waals surface area contributed by atoms with Gasteiger partial charge in [0.05, 0.1) is 0 Å². The van der Waals surface area contributed by atoms with Gasteiger partial charge in [0, 0.05) is 5.56 Å². The summed E-state index contributed by atoms with van der Waals surface area (Å²) in [4.78, 5) is 2.35. The average Bonchev–Trinajstić information content (AvgIpc) is 2.14. The van der Waals surface area contributed by atoms with Crippen LogP contribution in [0.5, 0.6) is 0 Å². The number of amidine groups is 1. The predicted octanol–water partition coefficient (Wildman–Crippen LogP) is 1.93. The van der Waals surface area contributed by atoms with Gasteiger partial charge in [-0.1, -0.05) is 30.3 Å². The summed E-state index contributed by atoms with van der Waals surface area (Å²) in [5.74, 6) is -0.627. The van der Waals surface area contributed by atoms with Crippen molar-refractivity contribution < 1.29 is 18.4 Å². The summed E-state index contributed by atoms with van der Waals surface area (Å²) in [7, 11) is 0. The summed E-state index contributed by atoms with van der Waals surface area (Å²) in [6, 6.07) is 7.52. The highest BCUT2D eigenvalue weighted by atomic mass is 19.4. The van der Waals surface area contributed by atoms with Crippen LogP contribution < -0.4 is 5.48 Å². The molecule has 0 aliphatic heterocycles. The van der Waals surface area contributed by atoms with Gasteiger partial charge in [0.25, 0.3) is 0 Å². The molecule has 0 fully saturated rings. The molecule has 0 amide bonds. The number of hydrogen-bond acceptors (Lipinski definition) is 2. The van der Waals surface area contributed by atoms with E-state index in [0.29, 0.717) is 0 Å². The number of hydroxylamine groups is 1. The van der Waals surface area contributed by atoms with E-state index in [0.717, 1.165) is 0 Å². The van der Waals surface area contributed by atoms with E-state index in [2.05, 4.69) is 4.99 Å². The molecule has 1 rings (SSSR count). The Kier molecular flexibility index (Phi) is 3.08. The highest BCUT2D eigenvalue weighted by Gasteiger charge is 2.27. The van der Waals surface area contributed by atoms with Crippen molar-refractivity contribution in [1.29, 1.82) is 0 Å². The Hall–Kier alpha value is -1.56. The number of halogens is 3. The number of nitrogens with one attached hydrogen (secondary N) is 1. The Morgan fingerprint density at radius 1 is 1.21 bits per heavy atom. The van der Waals surface area contributed by atoms with Crippen LogP contribution in [0.3, 0.4) is 0 Å². The SMILES string of the molecule is ON/C(=N\C(F)(F)F)c1ccccc1. The summed E-state index contributed by atoms with van der Waals surface area (Å²) in [6.07, 6.45) is -4.71. The molecule has 0 saturated heterocycles. The van der Waals surface area contributed by atoms with Gasteiger partial charge >= 0.3 is 6.30 Å². The van der Waals surface area contributed by atoms with Gasteiger partial charge in [-0.2, -0.15) is 4.99 Å². The van der Waals surface area contributed by atoms with Crippen LogP contribution >= 0.6 is 0 Å². The zero-order valence-corrected chi connectivity index (χ0v) is 6.92. The lowest BCUT2D eigenvalue weighted by molar-refractivity contribution is -0.120. The first-order valence-electron chi connectivity index (χ1n) is 3.65. The monoisotopic (exact) mass is 204 g/mol. The molecule has 0 aliphatic carbocycles. The van der Waals surface area contributed by atoms with Crippen LogP contribution in [0.4, 0.5) is 13.2 Å². The van der Waals surface area contributed by atoms with E-state index in [4.69, 9.17) is 5.21 Å². The maximum Gasteiger partial charge on any atom is 0.505 e. The normalized spacial score (nSPS) is 12.7. The third-order valence-electron chi connectivity index (χ3n) is 1.39. The Labute approximate surface area is 77.9 Å². The third kappa shape index (κ3) is 3.06. The van der Waals surface area contributed by atoms with E-state index in [9.17, 15) is 13.2 Å². The topological polar surface area (TPSA) is 44.6 Å². The smallest absolute Gasteiger partial charge is 0.290 e. The van der Waals surface area contributed by atoms with E-state index in [1.54, 1.807) is 18.2 Å². The van der Waals surface area contributed by atoms with Crippen molar-refractivity contribution in [1.82, 2.24) is 5.48 Å². The fourth-order valence-electron chi connectivity index (χ4n) is 0.877. The molecule has 0 heterocycles. The molecule has 1 aromatic rings. The minimum Gasteiger partial charge on any atom is -0.290 e. The van der Waals surface area contributed by atoms with Gasteiger partial charge in [0.15, 0.2) is 5.84 Å². The fourth-order valence-corrected chi connectivity index (χ4v) is 0.877. The van der Waals surface area contributed by atoms with Crippen LogP contribution in [0, 0.1) is 0 Å². The third-order valence-corrected chi connectivity index (χ3v) is 1.39. The number of hydrogen-bond donors (Lipinski definition) is 2. The van der Waals surface area contributed by atoms with Gasteiger partial charge in [-0.15, -0.1) is 13.2 Å². The van der Waals surface area contributed by atoms with E-state index in [1.165, 1.54) is 17.6 Å². The Morgan fingerprint density at radius 2 is 1.79 bits per heavy atom. The number of aliphatic imine (C=N–C) groups is 1. The molecule has 0 unspecified atom stereocenters. The maximum atomic E-state index is 11.8. The largest absolute Gasteiger partial charge is 0.505 e. The van der Waals surface area contributed by atoms with Gasteiger partial charge in [-0.05, 0) is 0 Å². The second kappa shape index (κ2) is 4.10. The fraction of sp³-hybridized carbons (Fsp3) is 0.125. The van der Waals surface area contributed by atoms with Crippen molar-refractivity contribution in [3.05, 3.63) is 35.9 Å². The van der Waals surface area contributed by atoms with Crippen molar-refractivity contribution >= 4 is 5.84 Å². The zero-order valence-electron chi connectivity index (χ0n) is 6.92. The van der Waals surface area contributed by atoms with Crippen LogP contribution in [0.15, 0.2) is 35.3 Å². The lowest BCUT2D eigenvalue weighted by Crippen LogP contribution is -2.23. The quantitative estimate of drug-likeness (QED) is 0.318. The van der Waals surface area contributed by atoms with Gasteiger partial charge in [-0.3, -0.25) is 10.7 Å². The first-order chi connectivity index (χ1) is 6.53. The van der Waals surface area contributed by atoms with E-state index < -0.39 is 12.1 Å². The van der Waals surface area contributed by atoms with E-state index >= 15 is 0 Å². The summed E-state index contributed by atoms with van der Waals surface area (Å²) in [5.41, 5.74) is 1.56. The number of nitrogens with zero attached hydrogens (tertiary/aromatic N) is 1. The van der Waals surface area contributed by atoms with Crippen molar-refractivity contribution in [2.75, 3.05) is 0 Å². The lowest BCUT2D eigenvalue weighted by atomic mass is 10.2. The van der Waals surface area contributed by atoms with Gasteiger partial charge in [0.1, 0.15) is 0 Å². The molecule has 76 valence electrons. The van der Waals surface area contributed by atoms with Crippen molar-refractivity contribution in [3.63, 3.8) is 0 Å². The number of alkyl halides is 3. The number of rotatable bonds is 1. The molecule has 14 heavy (non-hydrogen) atoms. The van der Waals surface area contributed by atoms with Gasteiger partial charge < -0.3 is 0 Å². The molecule has 0 aromatic heterocycles. The van der Waals surface area contributed by atoms with Crippen LogP contribution in [0.1, 0.15) is 5.56 Å². The summed E-state index contributed by atoms with van der Waals surface area (Å²) in [5, 5.41) is 8.46. The zero-order chi connectivity index (χ0) is 10.6. The highest BCUT2D eigenvalue weighted by Crippen LogP contribution is 2.17. The molecule has 3 nitrogen and oxygen atoms in total. The van der Waals surface area contributed by atoms with Crippen LogP contribution in [0.2, 0.25) is 0 Å². The molecule has 6 heteroatoms. The van der Waals surface area contributed by atoms with Crippen molar-refractivity contribution in [3.8, 4) is 0 Å². The molecule has 0 radical (unpaired) electrons. The standard InChI is InChI=1S/C8H7F3N2O/c9-8(10,11)12-7(13-14)6-4-2-1-3-5-6/h1-5,14H,(H,12,13). The lowest BCUT2D eigenvalue weighted by Gasteiger charge is -2.06. The first kappa shape index (κ1) is 10.5. The summed E-state index contributed by atoms with van der Waals surface area (Å²) >= 11 is 0. The molecular weight excluding hydrogens is 197 g/mol. The van der Waals surface area contributed by atoms with Crippen molar-refractivity contribution in [2.24, 2.45) is 4.99 Å². The maximum absolute atomic E-state index is 11.8. The van der Waals surface area contributed by atoms with Crippen LogP contribution in [-0.2, 0) is 0 Å². The number of benzene rings is 1. The summed E-state index contributed by atoms with van der Waals surface area (Å²) < 4.78 is 35.5.